The highest BCUT2D eigenvalue weighted by atomic mass is 32.4. The van der Waals surface area contributed by atoms with Gasteiger partial charge in [0.1, 0.15) is 0 Å². The minimum absolute atomic E-state index is 0.750. The van der Waals surface area contributed by atoms with Gasteiger partial charge in [0, 0.05) is 0 Å². The maximum atomic E-state index is 8.45. The Morgan fingerprint density at radius 3 is 1.75 bits per heavy atom. The molecule has 0 saturated carbocycles. The molecule has 0 aromatic heterocycles. The van der Waals surface area contributed by atoms with Crippen LogP contribution in [0.25, 0.3) is 0 Å². The summed E-state index contributed by atoms with van der Waals surface area (Å²) in [5.74, 6) is 0. The molecule has 0 radical (unpaired) electrons. The number of carbonyl (C=O) groups excluding carboxylic acids is 1. The van der Waals surface area contributed by atoms with Gasteiger partial charge in [-0.1, -0.05) is 11.8 Å². The minimum atomic E-state index is -1.81. The quantitative estimate of drug-likeness (QED) is 0.303. The highest BCUT2D eigenvalue weighted by Gasteiger charge is 1.85. The molecule has 0 spiro atoms. The fourth-order valence-corrected chi connectivity index (χ4v) is 0. The van der Waals surface area contributed by atoms with Gasteiger partial charge in [-0.15, -0.1) is 0 Å². The van der Waals surface area contributed by atoms with Gasteiger partial charge in [0.25, 0.3) is 0 Å². The largest absolute Gasteiger partial charge is 0.366 e. The predicted octanol–water partition coefficient (Wildman–Crippen LogP) is 0.534. The van der Waals surface area contributed by atoms with Crippen molar-refractivity contribution in [2.75, 3.05) is 13.3 Å². The molecular weight excluding hydrogens is 145 g/mol. The Bertz CT molecular complexity index is 115. The maximum absolute atomic E-state index is 8.45. The lowest BCUT2D eigenvalue weighted by Crippen LogP contribution is -1.62. The van der Waals surface area contributed by atoms with Crippen LogP contribution in [0, 0.1) is 5.41 Å². The molecule has 5 heteroatoms. The summed E-state index contributed by atoms with van der Waals surface area (Å²) in [5, 5.41) is 5.40. The number of isocyanates is 1. The maximum Gasteiger partial charge on any atom is 0.231 e. The predicted molar refractivity (Wildman–Crippen MR) is 36.8 cm³/mol. The number of hydrogen-bond donors (Lipinski definition) is 2. The van der Waals surface area contributed by atoms with Gasteiger partial charge in [0.2, 0.25) is 6.08 Å². The molecule has 0 amide bonds. The minimum Gasteiger partial charge on any atom is -0.366 e. The van der Waals surface area contributed by atoms with Crippen LogP contribution in [-0.2, 0) is 16.6 Å². The molecule has 48 valence electrons. The Morgan fingerprint density at radius 1 is 1.75 bits per heavy atom. The van der Waals surface area contributed by atoms with Crippen molar-refractivity contribution >= 4 is 24.2 Å². The van der Waals surface area contributed by atoms with Crippen molar-refractivity contribution in [1.29, 1.82) is 5.41 Å². The van der Waals surface area contributed by atoms with Gasteiger partial charge in [0.05, 0.1) is 6.26 Å². The molecule has 0 unspecified atom stereocenters. The summed E-state index contributed by atoms with van der Waals surface area (Å²) in [6.07, 6.45) is -1.06. The number of nitrogens with one attached hydrogen (secondary N) is 1. The highest BCUT2D eigenvalue weighted by molar-refractivity contribution is 8.11. The molecule has 0 aromatic carbocycles. The van der Waals surface area contributed by atoms with Gasteiger partial charge in [0.15, 0.2) is 0 Å². The Hall–Kier alpha value is -0.0100. The molecule has 3 nitrogen and oxygen atoms in total. The zero-order valence-corrected chi connectivity index (χ0v) is 6.42. The molecular formula is C3H8NO2PS. The summed E-state index contributed by atoms with van der Waals surface area (Å²) in [7, 11) is 0. The summed E-state index contributed by atoms with van der Waals surface area (Å²) in [4.78, 5) is 16.8. The standard InChI is InChI=1S/C2H7OPS.CHNO/c1-4(2,3)5;2-1-3/h1-2H3,(H,3,5);2H. The number of hydrogen-bond acceptors (Lipinski definition) is 3. The second-order valence-corrected chi connectivity index (χ2v) is 6.66. The van der Waals surface area contributed by atoms with Crippen LogP contribution < -0.4 is 0 Å². The molecule has 0 fully saturated rings. The first-order valence-electron chi connectivity index (χ1n) is 1.73. The second kappa shape index (κ2) is 5.13. The molecule has 0 aliphatic heterocycles. The summed E-state index contributed by atoms with van der Waals surface area (Å²) >= 11 is 4.49. The summed E-state index contributed by atoms with van der Waals surface area (Å²) in [6.45, 7) is 3.34. The van der Waals surface area contributed by atoms with Crippen LogP contribution in [0.2, 0.25) is 0 Å². The van der Waals surface area contributed by atoms with E-state index in [2.05, 4.69) is 11.8 Å². The third-order valence-electron chi connectivity index (χ3n) is 0. The first-order chi connectivity index (χ1) is 3.41. The Morgan fingerprint density at radius 2 is 1.75 bits per heavy atom. The highest BCUT2D eigenvalue weighted by Crippen LogP contribution is 2.28. The Balaban J connectivity index is 0. The van der Waals surface area contributed by atoms with E-state index < -0.39 is 6.26 Å². The first kappa shape index (κ1) is 10.9. The van der Waals surface area contributed by atoms with Gasteiger partial charge < -0.3 is 4.89 Å². The molecule has 2 N–H and O–H groups in total. The van der Waals surface area contributed by atoms with E-state index in [4.69, 9.17) is 15.1 Å². The average molecular weight is 153 g/mol. The molecule has 0 heterocycles. The van der Waals surface area contributed by atoms with E-state index in [0.29, 0.717) is 0 Å². The lowest BCUT2D eigenvalue weighted by Gasteiger charge is -1.91. The van der Waals surface area contributed by atoms with Crippen molar-refractivity contribution in [3.05, 3.63) is 0 Å². The lowest BCUT2D eigenvalue weighted by atomic mass is 11.7. The third kappa shape index (κ3) is 1490000. The van der Waals surface area contributed by atoms with E-state index in [1.807, 2.05) is 0 Å². The van der Waals surface area contributed by atoms with E-state index in [1.54, 1.807) is 13.3 Å². The first-order valence-corrected chi connectivity index (χ1v) is 5.38. The fourth-order valence-electron chi connectivity index (χ4n) is 0. The molecule has 0 saturated heterocycles. The van der Waals surface area contributed by atoms with Crippen molar-refractivity contribution in [3.8, 4) is 0 Å². The summed E-state index contributed by atoms with van der Waals surface area (Å²) in [6, 6.07) is 0. The van der Waals surface area contributed by atoms with Crippen molar-refractivity contribution in [3.63, 3.8) is 0 Å². The van der Waals surface area contributed by atoms with Crippen LogP contribution in [0.4, 0.5) is 0 Å². The van der Waals surface area contributed by atoms with Crippen LogP contribution in [0.1, 0.15) is 0 Å². The van der Waals surface area contributed by atoms with Crippen LogP contribution >= 0.6 is 6.26 Å². The second-order valence-electron chi connectivity index (χ2n) is 1.40. The third-order valence-corrected chi connectivity index (χ3v) is 0. The molecule has 8 heavy (non-hydrogen) atoms. The van der Waals surface area contributed by atoms with Crippen molar-refractivity contribution in [2.45, 2.75) is 0 Å². The monoisotopic (exact) mass is 153 g/mol. The smallest absolute Gasteiger partial charge is 0.231 e. The zero-order valence-electron chi connectivity index (χ0n) is 4.71. The normalized spacial score (nSPS) is 8.38. The SMILES string of the molecule is CP(C)(O)=S.N=C=O. The molecule has 0 aliphatic carbocycles. The van der Waals surface area contributed by atoms with E-state index in [9.17, 15) is 0 Å². The van der Waals surface area contributed by atoms with Gasteiger partial charge in [-0.3, -0.25) is 0 Å². The Labute approximate surface area is 53.3 Å². The van der Waals surface area contributed by atoms with Crippen molar-refractivity contribution in [2.24, 2.45) is 0 Å². The van der Waals surface area contributed by atoms with E-state index >= 15 is 0 Å². The Kier molecular flexibility index (Phi) is 6.98. The van der Waals surface area contributed by atoms with Crippen molar-refractivity contribution < 1.29 is 9.69 Å². The van der Waals surface area contributed by atoms with Gasteiger partial charge >= 0.3 is 0 Å². The van der Waals surface area contributed by atoms with Crippen LogP contribution in [0.3, 0.4) is 0 Å². The summed E-state index contributed by atoms with van der Waals surface area (Å²) in [5.41, 5.74) is 0. The zero-order chi connectivity index (χ0) is 7.21. The van der Waals surface area contributed by atoms with Crippen molar-refractivity contribution in [1.82, 2.24) is 0 Å². The van der Waals surface area contributed by atoms with Crippen LogP contribution in [0.5, 0.6) is 0 Å². The average Bonchev–Trinajstić information content (AvgIpc) is 1.27. The molecule has 0 bridgehead atoms. The number of rotatable bonds is 0. The fraction of sp³-hybridized carbons (Fsp3) is 0.667. The van der Waals surface area contributed by atoms with Crippen LogP contribution in [-0.4, -0.2) is 24.3 Å². The molecule has 0 atom stereocenters. The van der Waals surface area contributed by atoms with E-state index in [1.165, 1.54) is 0 Å². The van der Waals surface area contributed by atoms with E-state index in [0.717, 1.165) is 6.08 Å². The van der Waals surface area contributed by atoms with Crippen LogP contribution in [0.15, 0.2) is 0 Å². The van der Waals surface area contributed by atoms with Gasteiger partial charge in [-0.2, -0.15) is 0 Å². The molecule has 0 aromatic rings. The topological polar surface area (TPSA) is 61.1 Å². The molecule has 0 rings (SSSR count). The van der Waals surface area contributed by atoms with Gasteiger partial charge in [-0.05, 0) is 13.3 Å². The van der Waals surface area contributed by atoms with Gasteiger partial charge in [-0.25, -0.2) is 10.2 Å². The molecule has 0 aliphatic rings. The lowest BCUT2D eigenvalue weighted by molar-refractivity contribution is 0.562. The van der Waals surface area contributed by atoms with E-state index in [-0.39, 0.29) is 0 Å². The summed E-state index contributed by atoms with van der Waals surface area (Å²) < 4.78 is 0.